The van der Waals surface area contributed by atoms with Gasteiger partial charge in [0.2, 0.25) is 0 Å². The number of nitrogens with one attached hydrogen (secondary N) is 1. The molecule has 0 fully saturated rings. The van der Waals surface area contributed by atoms with E-state index in [9.17, 15) is 14.0 Å². The minimum absolute atomic E-state index is 0.0914. The van der Waals surface area contributed by atoms with Gasteiger partial charge in [0, 0.05) is 10.7 Å². The summed E-state index contributed by atoms with van der Waals surface area (Å²) in [6.07, 6.45) is 0. The molecule has 120 valence electrons. The number of hydrogen-bond donors (Lipinski definition) is 1. The van der Waals surface area contributed by atoms with Gasteiger partial charge in [0.05, 0.1) is 15.6 Å². The second-order valence-electron chi connectivity index (χ2n) is 4.38. The molecule has 0 aromatic heterocycles. The van der Waals surface area contributed by atoms with Crippen molar-refractivity contribution in [3.05, 3.63) is 62.8 Å². The lowest BCUT2D eigenvalue weighted by Crippen LogP contribution is -2.21. The fourth-order valence-electron chi connectivity index (χ4n) is 1.63. The zero-order valence-corrected chi connectivity index (χ0v) is 13.7. The molecule has 2 aromatic rings. The van der Waals surface area contributed by atoms with Crippen molar-refractivity contribution in [2.45, 2.75) is 0 Å². The smallest absolute Gasteiger partial charge is 0.340 e. The molecule has 0 aliphatic heterocycles. The molecule has 0 atom stereocenters. The number of ether oxygens (including phenoxy) is 1. The number of esters is 1. The normalized spacial score (nSPS) is 10.3. The van der Waals surface area contributed by atoms with Crippen LogP contribution >= 0.6 is 34.8 Å². The summed E-state index contributed by atoms with van der Waals surface area (Å²) in [5.41, 5.74) is 0.371. The lowest BCUT2D eigenvalue weighted by molar-refractivity contribution is -0.119. The molecule has 8 heteroatoms. The van der Waals surface area contributed by atoms with Crippen LogP contribution in [0.5, 0.6) is 0 Å². The van der Waals surface area contributed by atoms with Gasteiger partial charge in [-0.05, 0) is 36.4 Å². The maximum atomic E-state index is 13.0. The monoisotopic (exact) mass is 375 g/mol. The van der Waals surface area contributed by atoms with E-state index in [2.05, 4.69) is 5.32 Å². The molecule has 0 aliphatic carbocycles. The lowest BCUT2D eigenvalue weighted by Gasteiger charge is -2.08. The molecule has 1 N–H and O–H groups in total. The van der Waals surface area contributed by atoms with Crippen LogP contribution in [0.3, 0.4) is 0 Å². The lowest BCUT2D eigenvalue weighted by atomic mass is 10.2. The number of rotatable bonds is 4. The summed E-state index contributed by atoms with van der Waals surface area (Å²) in [6.45, 7) is -0.535. The highest BCUT2D eigenvalue weighted by molar-refractivity contribution is 6.36. The number of carbonyl (C=O) groups is 2. The van der Waals surface area contributed by atoms with Crippen molar-refractivity contribution in [2.24, 2.45) is 0 Å². The van der Waals surface area contributed by atoms with E-state index in [-0.39, 0.29) is 21.3 Å². The second kappa shape index (κ2) is 7.64. The number of carbonyl (C=O) groups excluding carboxylic acids is 2. The molecule has 0 bridgehead atoms. The van der Waals surface area contributed by atoms with Crippen LogP contribution in [0, 0.1) is 5.82 Å². The Labute approximate surface area is 146 Å². The van der Waals surface area contributed by atoms with Crippen LogP contribution in [0.4, 0.5) is 10.1 Å². The topological polar surface area (TPSA) is 55.4 Å². The molecule has 0 heterocycles. The molecule has 0 unspecified atom stereocenters. The van der Waals surface area contributed by atoms with E-state index in [1.807, 2.05) is 0 Å². The summed E-state index contributed by atoms with van der Waals surface area (Å²) in [4.78, 5) is 23.5. The minimum Gasteiger partial charge on any atom is -0.452 e. The van der Waals surface area contributed by atoms with Crippen LogP contribution in [-0.2, 0) is 9.53 Å². The molecule has 0 saturated carbocycles. The minimum atomic E-state index is -0.765. The predicted octanol–water partition coefficient (Wildman–Crippen LogP) is 4.58. The number of amides is 1. The largest absolute Gasteiger partial charge is 0.452 e. The van der Waals surface area contributed by atoms with Crippen LogP contribution in [0.15, 0.2) is 36.4 Å². The van der Waals surface area contributed by atoms with E-state index < -0.39 is 24.3 Å². The zero-order chi connectivity index (χ0) is 17.0. The Hall–Kier alpha value is -1.82. The summed E-state index contributed by atoms with van der Waals surface area (Å²) in [5, 5.41) is 2.78. The van der Waals surface area contributed by atoms with Gasteiger partial charge in [-0.2, -0.15) is 0 Å². The van der Waals surface area contributed by atoms with Gasteiger partial charge in [-0.25, -0.2) is 9.18 Å². The highest BCUT2D eigenvalue weighted by atomic mass is 35.5. The van der Waals surface area contributed by atoms with Gasteiger partial charge in [0.1, 0.15) is 5.82 Å². The van der Waals surface area contributed by atoms with Crippen molar-refractivity contribution in [1.82, 2.24) is 0 Å². The van der Waals surface area contributed by atoms with E-state index in [4.69, 9.17) is 39.5 Å². The Kier molecular flexibility index (Phi) is 5.82. The first-order valence-electron chi connectivity index (χ1n) is 6.24. The molecule has 23 heavy (non-hydrogen) atoms. The fourth-order valence-corrected chi connectivity index (χ4v) is 2.30. The van der Waals surface area contributed by atoms with Crippen LogP contribution in [-0.4, -0.2) is 18.5 Å². The third kappa shape index (κ3) is 4.82. The maximum absolute atomic E-state index is 13.0. The van der Waals surface area contributed by atoms with E-state index in [0.717, 1.165) is 6.07 Å². The molecular formula is C15H9Cl3FNO3. The Balaban J connectivity index is 1.93. The third-order valence-electron chi connectivity index (χ3n) is 2.69. The highest BCUT2D eigenvalue weighted by Crippen LogP contribution is 2.22. The van der Waals surface area contributed by atoms with Crippen LogP contribution in [0.2, 0.25) is 15.1 Å². The third-order valence-corrected chi connectivity index (χ3v) is 3.53. The number of benzene rings is 2. The Morgan fingerprint density at radius 2 is 1.78 bits per heavy atom. The Morgan fingerprint density at radius 1 is 1.04 bits per heavy atom. The van der Waals surface area contributed by atoms with Crippen molar-refractivity contribution >= 4 is 52.4 Å². The SMILES string of the molecule is O=C(COC(=O)c1ccc(Cl)cc1Cl)Nc1ccc(F)c(Cl)c1. The average molecular weight is 377 g/mol. The van der Waals surface area contributed by atoms with E-state index >= 15 is 0 Å². The van der Waals surface area contributed by atoms with Crippen molar-refractivity contribution in [3.63, 3.8) is 0 Å². The van der Waals surface area contributed by atoms with Crippen LogP contribution in [0.25, 0.3) is 0 Å². The molecule has 2 aromatic carbocycles. The number of hydrogen-bond acceptors (Lipinski definition) is 3. The first-order chi connectivity index (χ1) is 10.9. The summed E-state index contributed by atoms with van der Waals surface area (Å²) in [5.74, 6) is -1.97. The van der Waals surface area contributed by atoms with Gasteiger partial charge in [-0.15, -0.1) is 0 Å². The Morgan fingerprint density at radius 3 is 2.43 bits per heavy atom. The molecule has 4 nitrogen and oxygen atoms in total. The molecule has 0 spiro atoms. The van der Waals surface area contributed by atoms with Gasteiger partial charge in [-0.3, -0.25) is 4.79 Å². The highest BCUT2D eigenvalue weighted by Gasteiger charge is 2.14. The number of halogens is 4. The molecule has 1 amide bonds. The molecule has 0 radical (unpaired) electrons. The van der Waals surface area contributed by atoms with Gasteiger partial charge in [0.15, 0.2) is 6.61 Å². The van der Waals surface area contributed by atoms with Crippen LogP contribution in [0.1, 0.15) is 10.4 Å². The second-order valence-corrected chi connectivity index (χ2v) is 5.63. The fraction of sp³-hybridized carbons (Fsp3) is 0.0667. The summed E-state index contributed by atoms with van der Waals surface area (Å²) >= 11 is 17.2. The summed E-state index contributed by atoms with van der Waals surface area (Å²) < 4.78 is 17.9. The summed E-state index contributed by atoms with van der Waals surface area (Å²) in [6, 6.07) is 7.94. The van der Waals surface area contributed by atoms with E-state index in [0.29, 0.717) is 5.02 Å². The summed E-state index contributed by atoms with van der Waals surface area (Å²) in [7, 11) is 0. The zero-order valence-electron chi connectivity index (χ0n) is 11.4. The quantitative estimate of drug-likeness (QED) is 0.795. The predicted molar refractivity (Wildman–Crippen MR) is 86.8 cm³/mol. The molecule has 2 rings (SSSR count). The van der Waals surface area contributed by atoms with Crippen molar-refractivity contribution in [2.75, 3.05) is 11.9 Å². The van der Waals surface area contributed by atoms with Gasteiger partial charge in [0.25, 0.3) is 5.91 Å². The maximum Gasteiger partial charge on any atom is 0.340 e. The first-order valence-corrected chi connectivity index (χ1v) is 7.37. The molecule has 0 saturated heterocycles. The van der Waals surface area contributed by atoms with Gasteiger partial charge < -0.3 is 10.1 Å². The Bertz CT molecular complexity index is 768. The van der Waals surface area contributed by atoms with Gasteiger partial charge >= 0.3 is 5.97 Å². The van der Waals surface area contributed by atoms with Crippen molar-refractivity contribution in [1.29, 1.82) is 0 Å². The van der Waals surface area contributed by atoms with Gasteiger partial charge in [-0.1, -0.05) is 34.8 Å². The standard InChI is InChI=1S/C15H9Cl3FNO3/c16-8-1-3-10(11(17)5-8)15(22)23-7-14(21)20-9-2-4-13(19)12(18)6-9/h1-6H,7H2,(H,20,21). The van der Waals surface area contributed by atoms with E-state index in [1.54, 1.807) is 0 Å². The number of anilines is 1. The van der Waals surface area contributed by atoms with Crippen LogP contribution < -0.4 is 5.32 Å². The van der Waals surface area contributed by atoms with Crippen molar-refractivity contribution < 1.29 is 18.7 Å². The average Bonchev–Trinajstić information content (AvgIpc) is 2.48. The molecular weight excluding hydrogens is 368 g/mol. The van der Waals surface area contributed by atoms with E-state index in [1.165, 1.54) is 30.3 Å². The van der Waals surface area contributed by atoms with Crippen molar-refractivity contribution in [3.8, 4) is 0 Å². The molecule has 0 aliphatic rings. The first kappa shape index (κ1) is 17.5.